The Labute approximate surface area is 80.4 Å². The number of hydrogen-bond donors (Lipinski definition) is 1. The maximum Gasteiger partial charge on any atom is 0.404 e. The predicted molar refractivity (Wildman–Crippen MR) is 47.5 cm³/mol. The maximum atomic E-state index is 10.3. The average molecular weight is 195 g/mol. The number of rotatable bonds is 4. The molecule has 5 heteroatoms. The zero-order valence-electron chi connectivity index (χ0n) is 7.30. The Balaban J connectivity index is 2.54. The van der Waals surface area contributed by atoms with Crippen LogP contribution in [0.25, 0.3) is 0 Å². The van der Waals surface area contributed by atoms with E-state index in [0.717, 1.165) is 5.56 Å². The molecular weight excluding hydrogens is 186 g/mol. The van der Waals surface area contributed by atoms with Gasteiger partial charge >= 0.3 is 6.09 Å². The van der Waals surface area contributed by atoms with E-state index < -0.39 is 6.09 Å². The van der Waals surface area contributed by atoms with E-state index in [-0.39, 0.29) is 6.61 Å². The van der Waals surface area contributed by atoms with E-state index in [0.29, 0.717) is 12.2 Å². The van der Waals surface area contributed by atoms with Gasteiger partial charge in [0.05, 0.1) is 0 Å². The highest BCUT2D eigenvalue weighted by atomic mass is 16.5. The van der Waals surface area contributed by atoms with Crippen LogP contribution in [0.1, 0.15) is 5.56 Å². The number of amides is 1. The Morgan fingerprint density at radius 2 is 2.00 bits per heavy atom. The maximum absolute atomic E-state index is 10.3. The van der Waals surface area contributed by atoms with Crippen molar-refractivity contribution >= 4 is 12.6 Å². The molecule has 0 fully saturated rings. The van der Waals surface area contributed by atoms with Gasteiger partial charge in [-0.1, -0.05) is 12.1 Å². The van der Waals surface area contributed by atoms with Gasteiger partial charge in [0, 0.05) is 0 Å². The van der Waals surface area contributed by atoms with Crippen molar-refractivity contribution in [1.29, 1.82) is 0 Å². The van der Waals surface area contributed by atoms with Crippen LogP contribution in [-0.2, 0) is 16.1 Å². The summed E-state index contributed by atoms with van der Waals surface area (Å²) >= 11 is 0. The summed E-state index contributed by atoms with van der Waals surface area (Å²) < 4.78 is 9.13. The predicted octanol–water partition coefficient (Wildman–Crippen LogP) is 0.817. The topological polar surface area (TPSA) is 78.6 Å². The summed E-state index contributed by atoms with van der Waals surface area (Å²) in [4.78, 5) is 20.2. The zero-order chi connectivity index (χ0) is 10.4. The number of benzene rings is 1. The molecule has 1 amide bonds. The lowest BCUT2D eigenvalue weighted by atomic mass is 10.2. The third-order valence-corrected chi connectivity index (χ3v) is 1.49. The first-order valence-corrected chi connectivity index (χ1v) is 3.84. The van der Waals surface area contributed by atoms with Crippen LogP contribution in [0.15, 0.2) is 24.3 Å². The summed E-state index contributed by atoms with van der Waals surface area (Å²) in [7, 11) is 0. The van der Waals surface area contributed by atoms with Crippen LogP contribution in [0.3, 0.4) is 0 Å². The first-order valence-electron chi connectivity index (χ1n) is 3.84. The van der Waals surface area contributed by atoms with Crippen LogP contribution in [-0.4, -0.2) is 12.6 Å². The molecular formula is C9H9NO4. The van der Waals surface area contributed by atoms with E-state index in [2.05, 4.69) is 9.47 Å². The lowest BCUT2D eigenvalue weighted by molar-refractivity contribution is -0.120. The lowest BCUT2D eigenvalue weighted by Crippen LogP contribution is -2.12. The van der Waals surface area contributed by atoms with Crippen molar-refractivity contribution in [3.8, 4) is 5.75 Å². The highest BCUT2D eigenvalue weighted by Gasteiger charge is 1.97. The molecule has 14 heavy (non-hydrogen) atoms. The van der Waals surface area contributed by atoms with E-state index in [1.807, 2.05) is 0 Å². The minimum absolute atomic E-state index is 0.108. The second-order valence-electron chi connectivity index (χ2n) is 2.47. The van der Waals surface area contributed by atoms with E-state index in [1.54, 1.807) is 24.3 Å². The normalized spacial score (nSPS) is 9.14. The Morgan fingerprint density at radius 3 is 2.50 bits per heavy atom. The molecule has 0 aliphatic heterocycles. The molecule has 0 bridgehead atoms. The monoisotopic (exact) mass is 195 g/mol. The van der Waals surface area contributed by atoms with Crippen LogP contribution < -0.4 is 10.5 Å². The minimum Gasteiger partial charge on any atom is -0.445 e. The van der Waals surface area contributed by atoms with Gasteiger partial charge in [-0.25, -0.2) is 4.79 Å². The zero-order valence-corrected chi connectivity index (χ0v) is 7.30. The number of carbonyl (C=O) groups excluding carboxylic acids is 2. The van der Waals surface area contributed by atoms with Crippen molar-refractivity contribution in [1.82, 2.24) is 0 Å². The highest BCUT2D eigenvalue weighted by molar-refractivity contribution is 5.64. The van der Waals surface area contributed by atoms with Gasteiger partial charge in [0.25, 0.3) is 6.47 Å². The van der Waals surface area contributed by atoms with Crippen molar-refractivity contribution in [2.45, 2.75) is 6.61 Å². The van der Waals surface area contributed by atoms with Gasteiger partial charge in [0.15, 0.2) is 0 Å². The number of ether oxygens (including phenoxy) is 2. The molecule has 0 spiro atoms. The fourth-order valence-electron chi connectivity index (χ4n) is 0.874. The first kappa shape index (κ1) is 10.0. The Morgan fingerprint density at radius 1 is 1.36 bits per heavy atom. The van der Waals surface area contributed by atoms with Crippen molar-refractivity contribution < 1.29 is 19.1 Å². The molecule has 5 nitrogen and oxygen atoms in total. The molecule has 0 aromatic heterocycles. The minimum atomic E-state index is -0.821. The fourth-order valence-corrected chi connectivity index (χ4v) is 0.874. The highest BCUT2D eigenvalue weighted by Crippen LogP contribution is 2.11. The summed E-state index contributed by atoms with van der Waals surface area (Å²) in [6.45, 7) is 0.450. The molecule has 0 aliphatic rings. The largest absolute Gasteiger partial charge is 0.445 e. The SMILES string of the molecule is NC(=O)OCc1ccc(OC=O)cc1. The fraction of sp³-hybridized carbons (Fsp3) is 0.111. The standard InChI is InChI=1S/C9H9NO4/c10-9(12)13-5-7-1-3-8(4-2-7)14-6-11/h1-4,6H,5H2,(H2,10,12). The summed E-state index contributed by atoms with van der Waals surface area (Å²) in [5.74, 6) is 0.433. The average Bonchev–Trinajstić information content (AvgIpc) is 2.17. The van der Waals surface area contributed by atoms with E-state index in [9.17, 15) is 9.59 Å². The third kappa shape index (κ3) is 3.14. The number of hydrogen-bond acceptors (Lipinski definition) is 4. The molecule has 0 unspecified atom stereocenters. The summed E-state index contributed by atoms with van der Waals surface area (Å²) in [6, 6.07) is 6.52. The number of nitrogens with two attached hydrogens (primary N) is 1. The van der Waals surface area contributed by atoms with Crippen LogP contribution in [0.2, 0.25) is 0 Å². The molecule has 0 aliphatic carbocycles. The Bertz CT molecular complexity index is 320. The van der Waals surface area contributed by atoms with Gasteiger partial charge in [-0.15, -0.1) is 0 Å². The molecule has 1 aromatic carbocycles. The summed E-state index contributed by atoms with van der Waals surface area (Å²) in [6.07, 6.45) is -0.821. The molecule has 0 radical (unpaired) electrons. The van der Waals surface area contributed by atoms with Gasteiger partial charge in [0.1, 0.15) is 12.4 Å². The second kappa shape index (κ2) is 4.86. The van der Waals surface area contributed by atoms with E-state index in [1.165, 1.54) is 0 Å². The van der Waals surface area contributed by atoms with Crippen molar-refractivity contribution in [3.05, 3.63) is 29.8 Å². The molecule has 0 atom stereocenters. The Hall–Kier alpha value is -2.04. The molecule has 0 saturated heterocycles. The van der Waals surface area contributed by atoms with E-state index >= 15 is 0 Å². The molecule has 0 heterocycles. The summed E-state index contributed by atoms with van der Waals surface area (Å²) in [5.41, 5.74) is 5.55. The van der Waals surface area contributed by atoms with Crippen molar-refractivity contribution in [3.63, 3.8) is 0 Å². The van der Waals surface area contributed by atoms with Gasteiger partial charge in [-0.2, -0.15) is 0 Å². The first-order chi connectivity index (χ1) is 6.72. The molecule has 0 saturated carbocycles. The second-order valence-corrected chi connectivity index (χ2v) is 2.47. The lowest BCUT2D eigenvalue weighted by Gasteiger charge is -2.02. The van der Waals surface area contributed by atoms with Gasteiger partial charge < -0.3 is 15.2 Å². The van der Waals surface area contributed by atoms with Crippen molar-refractivity contribution in [2.75, 3.05) is 0 Å². The van der Waals surface area contributed by atoms with E-state index in [4.69, 9.17) is 5.73 Å². The van der Waals surface area contributed by atoms with Crippen LogP contribution in [0.5, 0.6) is 5.75 Å². The Kier molecular flexibility index (Phi) is 3.49. The van der Waals surface area contributed by atoms with Crippen molar-refractivity contribution in [2.24, 2.45) is 5.73 Å². The molecule has 74 valence electrons. The van der Waals surface area contributed by atoms with Gasteiger partial charge in [-0.05, 0) is 17.7 Å². The van der Waals surface area contributed by atoms with Gasteiger partial charge in [-0.3, -0.25) is 4.79 Å². The third-order valence-electron chi connectivity index (χ3n) is 1.49. The van der Waals surface area contributed by atoms with Gasteiger partial charge in [0.2, 0.25) is 0 Å². The molecule has 2 N–H and O–H groups in total. The smallest absolute Gasteiger partial charge is 0.404 e. The molecule has 1 aromatic rings. The summed E-state index contributed by atoms with van der Waals surface area (Å²) in [5, 5.41) is 0. The van der Waals surface area contributed by atoms with Crippen LogP contribution in [0.4, 0.5) is 4.79 Å². The number of carbonyl (C=O) groups is 2. The quantitative estimate of drug-likeness (QED) is 0.721. The van der Waals surface area contributed by atoms with Crippen LogP contribution >= 0.6 is 0 Å². The van der Waals surface area contributed by atoms with Crippen LogP contribution in [0, 0.1) is 0 Å². The molecule has 1 rings (SSSR count). The number of primary amides is 1.